The van der Waals surface area contributed by atoms with Gasteiger partial charge in [0.1, 0.15) is 0 Å². The van der Waals surface area contributed by atoms with E-state index >= 15 is 0 Å². The Balaban J connectivity index is 1.68. The number of halogens is 3. The van der Waals surface area contributed by atoms with Crippen molar-refractivity contribution in [1.29, 1.82) is 0 Å². The summed E-state index contributed by atoms with van der Waals surface area (Å²) in [6, 6.07) is 13.8. The number of amides is 2. The zero-order chi connectivity index (χ0) is 22.1. The second-order valence-electron chi connectivity index (χ2n) is 8.07. The predicted octanol–water partition coefficient (Wildman–Crippen LogP) is 4.95. The highest BCUT2D eigenvalue weighted by molar-refractivity contribution is 6.15. The van der Waals surface area contributed by atoms with Gasteiger partial charge in [-0.3, -0.25) is 14.5 Å². The summed E-state index contributed by atoms with van der Waals surface area (Å²) in [5, 5.41) is 3.05. The maximum absolute atomic E-state index is 13.3. The van der Waals surface area contributed by atoms with E-state index < -0.39 is 17.3 Å². The quantitative estimate of drug-likeness (QED) is 0.685. The molecule has 2 amide bonds. The van der Waals surface area contributed by atoms with E-state index in [9.17, 15) is 22.8 Å². The minimum Gasteiger partial charge on any atom is -0.351 e. The standard InChI is InChI=1S/C24H23F3N2O2/c25-24(26,27)18-10-12-20(13-11-18)29-21(30)16-23(29,15-14-17-6-2-1-3-7-17)22(31)28-19-8-4-5-9-19/h1-3,6-7,10-15,19H,4-5,8-9,16H2,(H,28,31)/b15-14+/t23-/m1/s1. The third kappa shape index (κ3) is 4.22. The molecule has 162 valence electrons. The first kappa shape index (κ1) is 21.2. The van der Waals surface area contributed by atoms with Crippen LogP contribution in [0, 0.1) is 0 Å². The van der Waals surface area contributed by atoms with Gasteiger partial charge in [-0.05, 0) is 48.7 Å². The fraction of sp³-hybridized carbons (Fsp3) is 0.333. The van der Waals surface area contributed by atoms with Crippen molar-refractivity contribution in [3.63, 3.8) is 0 Å². The van der Waals surface area contributed by atoms with Crippen molar-refractivity contribution in [3.8, 4) is 0 Å². The number of rotatable bonds is 5. The van der Waals surface area contributed by atoms with Gasteiger partial charge in [-0.25, -0.2) is 0 Å². The van der Waals surface area contributed by atoms with E-state index in [0.29, 0.717) is 0 Å². The first-order chi connectivity index (χ1) is 14.8. The van der Waals surface area contributed by atoms with E-state index in [0.717, 1.165) is 43.4 Å². The summed E-state index contributed by atoms with van der Waals surface area (Å²) in [5.41, 5.74) is -0.939. The van der Waals surface area contributed by atoms with Crippen LogP contribution in [0.4, 0.5) is 18.9 Å². The van der Waals surface area contributed by atoms with Crippen LogP contribution in [0.1, 0.15) is 43.2 Å². The van der Waals surface area contributed by atoms with Gasteiger partial charge < -0.3 is 5.32 Å². The fourth-order valence-electron chi connectivity index (χ4n) is 4.26. The Kier molecular flexibility index (Phi) is 5.60. The number of alkyl halides is 3. The van der Waals surface area contributed by atoms with Crippen molar-refractivity contribution in [2.24, 2.45) is 0 Å². The van der Waals surface area contributed by atoms with Gasteiger partial charge in [-0.15, -0.1) is 0 Å². The molecule has 1 saturated heterocycles. The molecule has 0 radical (unpaired) electrons. The van der Waals surface area contributed by atoms with Crippen LogP contribution < -0.4 is 10.2 Å². The molecule has 1 saturated carbocycles. The second kappa shape index (κ2) is 8.21. The Morgan fingerprint density at radius 1 is 1.03 bits per heavy atom. The van der Waals surface area contributed by atoms with Crippen LogP contribution in [0.3, 0.4) is 0 Å². The van der Waals surface area contributed by atoms with E-state index in [4.69, 9.17) is 0 Å². The second-order valence-corrected chi connectivity index (χ2v) is 8.07. The average Bonchev–Trinajstić information content (AvgIpc) is 3.24. The number of nitrogens with zero attached hydrogens (tertiary/aromatic N) is 1. The first-order valence-electron chi connectivity index (χ1n) is 10.4. The monoisotopic (exact) mass is 428 g/mol. The minimum absolute atomic E-state index is 0.0318. The van der Waals surface area contributed by atoms with E-state index in [1.54, 1.807) is 12.2 Å². The van der Waals surface area contributed by atoms with Gasteiger partial charge in [0.2, 0.25) is 5.91 Å². The molecule has 0 bridgehead atoms. The van der Waals surface area contributed by atoms with Crippen LogP contribution in [0.2, 0.25) is 0 Å². The highest BCUT2D eigenvalue weighted by atomic mass is 19.4. The predicted molar refractivity (Wildman–Crippen MR) is 112 cm³/mol. The summed E-state index contributed by atoms with van der Waals surface area (Å²) in [7, 11) is 0. The Morgan fingerprint density at radius 3 is 2.26 bits per heavy atom. The molecule has 4 nitrogen and oxygen atoms in total. The lowest BCUT2D eigenvalue weighted by Crippen LogP contribution is -2.70. The Morgan fingerprint density at radius 2 is 1.68 bits per heavy atom. The number of hydrogen-bond acceptors (Lipinski definition) is 2. The van der Waals surface area contributed by atoms with Crippen molar-refractivity contribution in [2.75, 3.05) is 4.90 Å². The van der Waals surface area contributed by atoms with Gasteiger partial charge in [0.25, 0.3) is 5.91 Å². The maximum atomic E-state index is 13.3. The van der Waals surface area contributed by atoms with Gasteiger partial charge >= 0.3 is 6.18 Å². The molecule has 31 heavy (non-hydrogen) atoms. The number of carbonyl (C=O) groups is 2. The van der Waals surface area contributed by atoms with E-state index in [1.165, 1.54) is 17.0 Å². The lowest BCUT2D eigenvalue weighted by molar-refractivity contribution is -0.138. The molecule has 1 aliphatic carbocycles. The summed E-state index contributed by atoms with van der Waals surface area (Å²) in [6.07, 6.45) is 2.82. The van der Waals surface area contributed by atoms with Crippen molar-refractivity contribution >= 4 is 23.6 Å². The molecule has 1 heterocycles. The molecular formula is C24H23F3N2O2. The van der Waals surface area contributed by atoms with Crippen molar-refractivity contribution < 1.29 is 22.8 Å². The number of hydrogen-bond donors (Lipinski definition) is 1. The van der Waals surface area contributed by atoms with Crippen LogP contribution >= 0.6 is 0 Å². The fourth-order valence-corrected chi connectivity index (χ4v) is 4.26. The van der Waals surface area contributed by atoms with Gasteiger partial charge in [0, 0.05) is 11.7 Å². The summed E-state index contributed by atoms with van der Waals surface area (Å²) >= 11 is 0. The molecule has 1 aliphatic heterocycles. The molecule has 1 atom stereocenters. The lowest BCUT2D eigenvalue weighted by Gasteiger charge is -2.49. The summed E-state index contributed by atoms with van der Waals surface area (Å²) < 4.78 is 38.9. The smallest absolute Gasteiger partial charge is 0.351 e. The molecule has 7 heteroatoms. The zero-order valence-electron chi connectivity index (χ0n) is 16.9. The summed E-state index contributed by atoms with van der Waals surface area (Å²) in [5.74, 6) is -0.606. The molecule has 2 aliphatic rings. The molecule has 0 aromatic heterocycles. The van der Waals surface area contributed by atoms with Crippen molar-refractivity contribution in [1.82, 2.24) is 5.32 Å². The van der Waals surface area contributed by atoms with Crippen LogP contribution in [0.25, 0.3) is 6.08 Å². The van der Waals surface area contributed by atoms with Crippen LogP contribution in [-0.2, 0) is 15.8 Å². The van der Waals surface area contributed by atoms with Gasteiger partial charge in [-0.2, -0.15) is 13.2 Å². The van der Waals surface area contributed by atoms with Gasteiger partial charge in [0.05, 0.1) is 12.0 Å². The minimum atomic E-state index is -4.47. The number of benzene rings is 2. The number of carbonyl (C=O) groups excluding carboxylic acids is 2. The van der Waals surface area contributed by atoms with Crippen LogP contribution in [0.5, 0.6) is 0 Å². The van der Waals surface area contributed by atoms with Gasteiger partial charge in [-0.1, -0.05) is 49.2 Å². The lowest BCUT2D eigenvalue weighted by atomic mass is 9.80. The molecule has 2 aromatic rings. The summed E-state index contributed by atoms with van der Waals surface area (Å²) in [6.45, 7) is 0. The summed E-state index contributed by atoms with van der Waals surface area (Å²) in [4.78, 5) is 27.2. The highest BCUT2D eigenvalue weighted by Gasteiger charge is 2.56. The Labute approximate surface area is 178 Å². The molecule has 0 unspecified atom stereocenters. The van der Waals surface area contributed by atoms with Crippen molar-refractivity contribution in [3.05, 3.63) is 71.8 Å². The van der Waals surface area contributed by atoms with Gasteiger partial charge in [0.15, 0.2) is 5.54 Å². The molecule has 4 rings (SSSR count). The molecule has 1 N–H and O–H groups in total. The largest absolute Gasteiger partial charge is 0.416 e. The van der Waals surface area contributed by atoms with Crippen LogP contribution in [-0.4, -0.2) is 23.4 Å². The molecule has 2 aromatic carbocycles. The molecule has 2 fully saturated rings. The average molecular weight is 428 g/mol. The Bertz CT molecular complexity index is 980. The van der Waals surface area contributed by atoms with Crippen molar-refractivity contribution in [2.45, 2.75) is 49.9 Å². The first-order valence-corrected chi connectivity index (χ1v) is 10.4. The molecular weight excluding hydrogens is 405 g/mol. The normalized spacial score (nSPS) is 22.0. The van der Waals surface area contributed by atoms with E-state index in [2.05, 4.69) is 5.32 Å². The molecule has 0 spiro atoms. The zero-order valence-corrected chi connectivity index (χ0v) is 16.9. The maximum Gasteiger partial charge on any atom is 0.416 e. The third-order valence-electron chi connectivity index (χ3n) is 5.96. The number of nitrogens with one attached hydrogen (secondary N) is 1. The Hall–Kier alpha value is -3.09. The highest BCUT2D eigenvalue weighted by Crippen LogP contribution is 2.40. The SMILES string of the molecule is O=C1C[C@](/C=C/c2ccccc2)(C(=O)NC2CCCC2)N1c1ccc(C(F)(F)F)cc1. The topological polar surface area (TPSA) is 49.4 Å². The van der Waals surface area contributed by atoms with E-state index in [-0.39, 0.29) is 30.0 Å². The van der Waals surface area contributed by atoms with Crippen LogP contribution in [0.15, 0.2) is 60.7 Å². The number of anilines is 1. The third-order valence-corrected chi connectivity index (χ3v) is 5.96. The van der Waals surface area contributed by atoms with E-state index in [1.807, 2.05) is 30.3 Å². The number of β-lactam (4-membered cyclic amide) rings is 1.